The highest BCUT2D eigenvalue weighted by molar-refractivity contribution is 6.00. The van der Waals surface area contributed by atoms with Gasteiger partial charge in [-0.25, -0.2) is 0 Å². The van der Waals surface area contributed by atoms with Gasteiger partial charge in [0.2, 0.25) is 5.91 Å². The lowest BCUT2D eigenvalue weighted by atomic mass is 9.82. The molecule has 0 aromatic carbocycles. The summed E-state index contributed by atoms with van der Waals surface area (Å²) in [6.07, 6.45) is 0.441. The van der Waals surface area contributed by atoms with E-state index in [1.54, 1.807) is 6.92 Å². The van der Waals surface area contributed by atoms with Crippen molar-refractivity contribution in [2.24, 2.45) is 11.3 Å². The molecule has 3 nitrogen and oxygen atoms in total. The molecule has 0 rings (SSSR count). The fourth-order valence-corrected chi connectivity index (χ4v) is 1.51. The van der Waals surface area contributed by atoms with Crippen LogP contribution in [0.25, 0.3) is 0 Å². The summed E-state index contributed by atoms with van der Waals surface area (Å²) in [5.41, 5.74) is 0.178. The highest BCUT2D eigenvalue weighted by Gasteiger charge is 2.32. The zero-order valence-electron chi connectivity index (χ0n) is 11.9. The highest BCUT2D eigenvalue weighted by Crippen LogP contribution is 2.22. The van der Waals surface area contributed by atoms with Gasteiger partial charge in [0.1, 0.15) is 0 Å². The number of nitrogens with one attached hydrogen (secondary N) is 1. The van der Waals surface area contributed by atoms with Gasteiger partial charge in [-0.15, -0.1) is 0 Å². The van der Waals surface area contributed by atoms with Gasteiger partial charge < -0.3 is 5.32 Å². The first-order chi connectivity index (χ1) is 7.55. The third-order valence-corrected chi connectivity index (χ3v) is 2.45. The van der Waals surface area contributed by atoms with E-state index in [4.69, 9.17) is 0 Å². The molecule has 100 valence electrons. The third kappa shape index (κ3) is 5.66. The van der Waals surface area contributed by atoms with E-state index in [-0.39, 0.29) is 24.4 Å². The molecule has 0 aromatic rings. The van der Waals surface area contributed by atoms with E-state index in [9.17, 15) is 9.59 Å². The third-order valence-electron chi connectivity index (χ3n) is 2.45. The van der Waals surface area contributed by atoms with E-state index in [2.05, 4.69) is 11.9 Å². The topological polar surface area (TPSA) is 46.2 Å². The first-order valence-electron chi connectivity index (χ1n) is 6.04. The maximum Gasteiger partial charge on any atom is 0.220 e. The minimum absolute atomic E-state index is 0. The van der Waals surface area contributed by atoms with Gasteiger partial charge in [0.25, 0.3) is 0 Å². The summed E-state index contributed by atoms with van der Waals surface area (Å²) < 4.78 is 0. The largest absolute Gasteiger partial charge is 0.345 e. The molecular weight excluding hydrogens is 214 g/mol. The van der Waals surface area contributed by atoms with E-state index in [0.29, 0.717) is 12.0 Å². The summed E-state index contributed by atoms with van der Waals surface area (Å²) in [6, 6.07) is -0.494. The van der Waals surface area contributed by atoms with Crippen LogP contribution in [-0.4, -0.2) is 17.7 Å². The van der Waals surface area contributed by atoms with Crippen LogP contribution in [0, 0.1) is 11.3 Å². The molecule has 1 N–H and O–H groups in total. The second-order valence-electron chi connectivity index (χ2n) is 6.11. The molecule has 1 amide bonds. The molecule has 17 heavy (non-hydrogen) atoms. The first kappa shape index (κ1) is 15.9. The lowest BCUT2D eigenvalue weighted by Crippen LogP contribution is -2.49. The Balaban J connectivity index is 0. The Morgan fingerprint density at radius 1 is 1.29 bits per heavy atom. The van der Waals surface area contributed by atoms with Crippen molar-refractivity contribution in [3.63, 3.8) is 0 Å². The first-order valence-corrected chi connectivity index (χ1v) is 6.04. The lowest BCUT2D eigenvalue weighted by molar-refractivity contribution is -0.128. The smallest absolute Gasteiger partial charge is 0.220 e. The van der Waals surface area contributed by atoms with Crippen LogP contribution in [0.15, 0.2) is 12.2 Å². The number of carbonyl (C=O) groups is 2. The number of ketones is 1. The summed E-state index contributed by atoms with van der Waals surface area (Å²) in [6.45, 7) is 15.1. The minimum Gasteiger partial charge on any atom is -0.345 e. The van der Waals surface area contributed by atoms with E-state index in [1.807, 2.05) is 34.6 Å². The van der Waals surface area contributed by atoms with E-state index in [0.717, 1.165) is 0 Å². The average Bonchev–Trinajstić information content (AvgIpc) is 2.09. The van der Waals surface area contributed by atoms with Gasteiger partial charge in [-0.1, -0.05) is 41.2 Å². The summed E-state index contributed by atoms with van der Waals surface area (Å²) >= 11 is 0. The Kier molecular flexibility index (Phi) is 5.59. The van der Waals surface area contributed by atoms with Crippen LogP contribution in [-0.2, 0) is 9.59 Å². The molecule has 0 aliphatic rings. The van der Waals surface area contributed by atoms with Crippen molar-refractivity contribution in [1.82, 2.24) is 5.32 Å². The molecule has 0 aliphatic carbocycles. The molecule has 3 heteroatoms. The van der Waals surface area contributed by atoms with E-state index in [1.165, 1.54) is 0 Å². The molecular formula is C14H27NO2. The van der Waals surface area contributed by atoms with Crippen molar-refractivity contribution in [3.8, 4) is 0 Å². The zero-order chi connectivity index (χ0) is 13.8. The Morgan fingerprint density at radius 2 is 1.76 bits per heavy atom. The maximum absolute atomic E-state index is 12.0. The van der Waals surface area contributed by atoms with Crippen molar-refractivity contribution < 1.29 is 11.0 Å². The normalized spacial score (nSPS) is 13.4. The van der Waals surface area contributed by atoms with Crippen molar-refractivity contribution in [3.05, 3.63) is 12.2 Å². The second kappa shape index (κ2) is 5.99. The van der Waals surface area contributed by atoms with Crippen LogP contribution >= 0.6 is 0 Å². The van der Waals surface area contributed by atoms with Gasteiger partial charge in [-0.05, 0) is 23.8 Å². The maximum atomic E-state index is 12.0. The second-order valence-corrected chi connectivity index (χ2v) is 6.11. The molecule has 0 radical (unpaired) electrons. The summed E-state index contributed by atoms with van der Waals surface area (Å²) in [5.74, 6) is 0.125. The molecule has 0 fully saturated rings. The molecule has 0 heterocycles. The number of carbonyl (C=O) groups excluding carboxylic acids is 2. The lowest BCUT2D eigenvalue weighted by Gasteiger charge is -2.30. The molecule has 0 aliphatic heterocycles. The molecule has 0 saturated carbocycles. The molecule has 0 aromatic heterocycles. The van der Waals surface area contributed by atoms with Crippen LogP contribution in [0.2, 0.25) is 0 Å². The Hall–Kier alpha value is -1.12. The van der Waals surface area contributed by atoms with Gasteiger partial charge in [0, 0.05) is 7.85 Å². The van der Waals surface area contributed by atoms with Crippen LogP contribution in [0.3, 0.4) is 0 Å². The Labute approximate surface area is 106 Å². The number of hydrogen-bond acceptors (Lipinski definition) is 2. The van der Waals surface area contributed by atoms with Crippen LogP contribution in [0.4, 0.5) is 0 Å². The molecule has 0 bridgehead atoms. The Morgan fingerprint density at radius 3 is 2.06 bits per heavy atom. The van der Waals surface area contributed by atoms with Crippen LogP contribution < -0.4 is 5.32 Å². The monoisotopic (exact) mass is 241 g/mol. The van der Waals surface area contributed by atoms with Crippen LogP contribution in [0.5, 0.6) is 0 Å². The van der Waals surface area contributed by atoms with E-state index >= 15 is 0 Å². The van der Waals surface area contributed by atoms with Gasteiger partial charge in [-0.2, -0.15) is 0 Å². The predicted molar refractivity (Wildman–Crippen MR) is 72.8 cm³/mol. The number of amides is 1. The standard InChI is InChI=1S/C14H25NO2.H2/c1-9(2)8-11(16)15-13(14(5,6)7)12(17)10(3)4;/h9,13H,3,8H2,1-2,4-7H3,(H,15,16);1H. The molecule has 1 unspecified atom stereocenters. The number of hydrogen-bond donors (Lipinski definition) is 1. The van der Waals surface area contributed by atoms with Gasteiger partial charge >= 0.3 is 0 Å². The minimum atomic E-state index is -0.494. The van der Waals surface area contributed by atoms with Gasteiger partial charge in [-0.3, -0.25) is 9.59 Å². The van der Waals surface area contributed by atoms with Crippen molar-refractivity contribution in [2.45, 2.75) is 54.0 Å². The zero-order valence-corrected chi connectivity index (χ0v) is 11.9. The number of rotatable bonds is 5. The van der Waals surface area contributed by atoms with Crippen molar-refractivity contribution in [1.29, 1.82) is 0 Å². The summed E-state index contributed by atoms with van der Waals surface area (Å²) in [4.78, 5) is 23.7. The van der Waals surface area contributed by atoms with Gasteiger partial charge in [0.05, 0.1) is 6.04 Å². The fraction of sp³-hybridized carbons (Fsp3) is 0.714. The SMILES string of the molecule is C=C(C)C(=O)C(NC(=O)CC(C)C)C(C)(C)C.[HH]. The summed E-state index contributed by atoms with van der Waals surface area (Å²) in [5, 5.41) is 2.82. The van der Waals surface area contributed by atoms with Crippen LogP contribution in [0.1, 0.15) is 49.4 Å². The quantitative estimate of drug-likeness (QED) is 0.752. The Bertz CT molecular complexity index is 316. The fourth-order valence-electron chi connectivity index (χ4n) is 1.51. The number of Topliss-reactive ketones (excluding diaryl/α,β-unsaturated/α-hetero) is 1. The van der Waals surface area contributed by atoms with Crippen molar-refractivity contribution >= 4 is 11.7 Å². The van der Waals surface area contributed by atoms with Gasteiger partial charge in [0.15, 0.2) is 5.78 Å². The predicted octanol–water partition coefficient (Wildman–Crippen LogP) is 2.95. The summed E-state index contributed by atoms with van der Waals surface area (Å²) in [7, 11) is 0. The highest BCUT2D eigenvalue weighted by atomic mass is 16.2. The molecule has 1 atom stereocenters. The van der Waals surface area contributed by atoms with Crippen molar-refractivity contribution in [2.75, 3.05) is 0 Å². The van der Waals surface area contributed by atoms with E-state index < -0.39 is 6.04 Å². The average molecular weight is 241 g/mol. The molecule has 0 spiro atoms. The molecule has 0 saturated heterocycles.